The number of nitrogens with two attached hydrogens (primary N) is 1. The number of amides is 1. The molecular weight excluding hydrogens is 386 g/mol. The first-order valence-corrected chi connectivity index (χ1v) is 10.9. The quantitative estimate of drug-likeness (QED) is 0.420. The van der Waals surface area contributed by atoms with Crippen molar-refractivity contribution in [1.29, 1.82) is 0 Å². The number of carboxylic acid groups (broad SMARTS) is 1. The molecule has 28 heavy (non-hydrogen) atoms. The summed E-state index contributed by atoms with van der Waals surface area (Å²) in [6.45, 7) is 2.32. The first-order valence-electron chi connectivity index (χ1n) is 9.29. The monoisotopic (exact) mass is 413 g/mol. The summed E-state index contributed by atoms with van der Waals surface area (Å²) in [6.07, 6.45) is 1.64. The van der Waals surface area contributed by atoms with E-state index in [0.717, 1.165) is 0 Å². The van der Waals surface area contributed by atoms with Gasteiger partial charge in [-0.25, -0.2) is 13.1 Å². The zero-order valence-corrected chi connectivity index (χ0v) is 16.6. The van der Waals surface area contributed by atoms with Gasteiger partial charge in [-0.3, -0.25) is 9.59 Å². The molecule has 9 nitrogen and oxygen atoms in total. The van der Waals surface area contributed by atoms with Crippen LogP contribution in [0.5, 0.6) is 5.75 Å². The van der Waals surface area contributed by atoms with E-state index in [1.165, 1.54) is 0 Å². The number of hydrogen-bond donors (Lipinski definition) is 4. The summed E-state index contributed by atoms with van der Waals surface area (Å²) in [4.78, 5) is 23.6. The van der Waals surface area contributed by atoms with Crippen LogP contribution in [0.4, 0.5) is 5.69 Å². The van der Waals surface area contributed by atoms with Crippen molar-refractivity contribution in [3.8, 4) is 5.75 Å². The molecule has 0 unspecified atom stereocenters. The van der Waals surface area contributed by atoms with Gasteiger partial charge in [0.1, 0.15) is 11.8 Å². The number of carboxylic acids is 1. The number of rotatable bonds is 11. The second-order valence-corrected chi connectivity index (χ2v) is 8.62. The van der Waals surface area contributed by atoms with E-state index in [-0.39, 0.29) is 18.1 Å². The topological polar surface area (TPSA) is 148 Å². The molecule has 0 spiro atoms. The van der Waals surface area contributed by atoms with Crippen molar-refractivity contribution in [1.82, 2.24) is 4.72 Å². The van der Waals surface area contributed by atoms with Crippen LogP contribution in [0, 0.1) is 0 Å². The van der Waals surface area contributed by atoms with Gasteiger partial charge in [-0.1, -0.05) is 19.4 Å². The fraction of sp³-hybridized carbons (Fsp3) is 0.556. The molecule has 0 fully saturated rings. The number of carbonyl (C=O) groups is 2. The van der Waals surface area contributed by atoms with Crippen LogP contribution in [0.15, 0.2) is 18.2 Å². The van der Waals surface area contributed by atoms with Crippen LogP contribution in [0.25, 0.3) is 0 Å². The van der Waals surface area contributed by atoms with Gasteiger partial charge >= 0.3 is 5.97 Å². The van der Waals surface area contributed by atoms with E-state index in [0.29, 0.717) is 49.2 Å². The average molecular weight is 413 g/mol. The number of hydrogen-bond acceptors (Lipinski definition) is 6. The standard InChI is InChI=1S/C18H27N3O6S/c1-2-3-9-28(25,26)21-14(18(23)24)11-12-6-7-15-13(10-12)20-17(22)16(27-15)5-4-8-19/h6-7,10,14,16,21H,2-5,8-9,11,19H2,1H3,(H,20,22)(H,23,24)/t14-,16-/m1/s1. The summed E-state index contributed by atoms with van der Waals surface area (Å²) in [6, 6.07) is 3.61. The predicted octanol–water partition coefficient (Wildman–Crippen LogP) is 0.840. The molecule has 0 radical (unpaired) electrons. The van der Waals surface area contributed by atoms with Gasteiger partial charge in [-0.15, -0.1) is 0 Å². The number of benzene rings is 1. The van der Waals surface area contributed by atoms with Crippen molar-refractivity contribution in [3.05, 3.63) is 23.8 Å². The Morgan fingerprint density at radius 3 is 2.79 bits per heavy atom. The molecule has 1 aromatic rings. The number of unbranched alkanes of at least 4 members (excludes halogenated alkanes) is 1. The van der Waals surface area contributed by atoms with Crippen LogP contribution in [-0.4, -0.2) is 49.8 Å². The maximum atomic E-state index is 12.1. The summed E-state index contributed by atoms with van der Waals surface area (Å²) >= 11 is 0. The van der Waals surface area contributed by atoms with Crippen molar-refractivity contribution in [3.63, 3.8) is 0 Å². The highest BCUT2D eigenvalue weighted by atomic mass is 32.2. The number of carbonyl (C=O) groups excluding carboxylic acids is 1. The first-order chi connectivity index (χ1) is 13.3. The maximum Gasteiger partial charge on any atom is 0.322 e. The molecule has 0 aromatic heterocycles. The van der Waals surface area contributed by atoms with Crippen molar-refractivity contribution >= 4 is 27.6 Å². The Morgan fingerprint density at radius 2 is 2.14 bits per heavy atom. The second-order valence-electron chi connectivity index (χ2n) is 6.74. The summed E-state index contributed by atoms with van der Waals surface area (Å²) in [5.74, 6) is -1.18. The molecule has 1 amide bonds. The minimum Gasteiger partial charge on any atom is -0.480 e. The summed E-state index contributed by atoms with van der Waals surface area (Å²) in [7, 11) is -3.69. The Kier molecular flexibility index (Phi) is 7.78. The van der Waals surface area contributed by atoms with Gasteiger partial charge in [0.15, 0.2) is 6.10 Å². The Balaban J connectivity index is 2.10. The largest absolute Gasteiger partial charge is 0.480 e. The molecule has 1 heterocycles. The van der Waals surface area contributed by atoms with Gasteiger partial charge in [0.2, 0.25) is 10.0 Å². The number of nitrogens with one attached hydrogen (secondary N) is 2. The molecule has 1 aliphatic heterocycles. The number of fused-ring (bicyclic) bond motifs is 1. The van der Waals surface area contributed by atoms with Gasteiger partial charge in [-0.05, 0) is 49.9 Å². The van der Waals surface area contributed by atoms with Crippen LogP contribution in [0.3, 0.4) is 0 Å². The van der Waals surface area contributed by atoms with E-state index in [9.17, 15) is 23.1 Å². The SMILES string of the molecule is CCCCS(=O)(=O)N[C@H](Cc1ccc2c(c1)NC(=O)[C@@H](CCCN)O2)C(=O)O. The van der Waals surface area contributed by atoms with Crippen LogP contribution >= 0.6 is 0 Å². The van der Waals surface area contributed by atoms with E-state index in [4.69, 9.17) is 10.5 Å². The van der Waals surface area contributed by atoms with Crippen LogP contribution < -0.4 is 20.5 Å². The molecule has 5 N–H and O–H groups in total. The smallest absolute Gasteiger partial charge is 0.322 e. The van der Waals surface area contributed by atoms with Gasteiger partial charge in [-0.2, -0.15) is 0 Å². The van der Waals surface area contributed by atoms with E-state index >= 15 is 0 Å². The minimum atomic E-state index is -3.69. The lowest BCUT2D eigenvalue weighted by Crippen LogP contribution is -2.43. The highest BCUT2D eigenvalue weighted by Gasteiger charge is 2.28. The van der Waals surface area contributed by atoms with Crippen LogP contribution in [0.1, 0.15) is 38.2 Å². The van der Waals surface area contributed by atoms with Gasteiger partial charge in [0, 0.05) is 0 Å². The number of sulfonamides is 1. The molecule has 10 heteroatoms. The van der Waals surface area contributed by atoms with Crippen molar-refractivity contribution < 1.29 is 27.9 Å². The third-order valence-corrected chi connectivity index (χ3v) is 5.83. The first kappa shape index (κ1) is 22.1. The van der Waals surface area contributed by atoms with Gasteiger partial charge < -0.3 is 20.9 Å². The van der Waals surface area contributed by atoms with Crippen molar-refractivity contribution in [2.75, 3.05) is 17.6 Å². The molecule has 0 aliphatic carbocycles. The van der Waals surface area contributed by atoms with E-state index in [1.807, 2.05) is 6.92 Å². The average Bonchev–Trinajstić information content (AvgIpc) is 2.64. The molecule has 0 saturated carbocycles. The van der Waals surface area contributed by atoms with Crippen LogP contribution in [-0.2, 0) is 26.0 Å². The van der Waals surface area contributed by atoms with Gasteiger partial charge in [0.05, 0.1) is 11.4 Å². The van der Waals surface area contributed by atoms with Crippen LogP contribution in [0.2, 0.25) is 0 Å². The summed E-state index contributed by atoms with van der Waals surface area (Å²) in [5.41, 5.74) is 6.46. The van der Waals surface area contributed by atoms with Gasteiger partial charge in [0.25, 0.3) is 5.91 Å². The maximum absolute atomic E-state index is 12.1. The highest BCUT2D eigenvalue weighted by molar-refractivity contribution is 7.89. The summed E-state index contributed by atoms with van der Waals surface area (Å²) < 4.78 is 32.0. The van der Waals surface area contributed by atoms with E-state index < -0.39 is 28.1 Å². The lowest BCUT2D eigenvalue weighted by atomic mass is 10.0. The Hall–Kier alpha value is -2.17. The zero-order valence-electron chi connectivity index (χ0n) is 15.8. The molecule has 2 rings (SSSR count). The fourth-order valence-corrected chi connectivity index (χ4v) is 4.25. The number of aliphatic carboxylic acids is 1. The number of anilines is 1. The third kappa shape index (κ3) is 6.18. The lowest BCUT2D eigenvalue weighted by Gasteiger charge is -2.26. The molecule has 1 aromatic carbocycles. The highest BCUT2D eigenvalue weighted by Crippen LogP contribution is 2.31. The van der Waals surface area contributed by atoms with E-state index in [1.54, 1.807) is 18.2 Å². The normalized spacial score (nSPS) is 17.4. The molecular formula is C18H27N3O6S. The third-order valence-electron chi connectivity index (χ3n) is 4.36. The molecule has 156 valence electrons. The second kappa shape index (κ2) is 9.85. The fourth-order valence-electron chi connectivity index (χ4n) is 2.84. The molecule has 1 aliphatic rings. The minimum absolute atomic E-state index is 0.0551. The Morgan fingerprint density at radius 1 is 1.39 bits per heavy atom. The Bertz CT molecular complexity index is 812. The predicted molar refractivity (Wildman–Crippen MR) is 105 cm³/mol. The Labute approximate surface area is 164 Å². The zero-order chi connectivity index (χ0) is 20.7. The van der Waals surface area contributed by atoms with E-state index in [2.05, 4.69) is 10.0 Å². The molecule has 0 bridgehead atoms. The summed E-state index contributed by atoms with van der Waals surface area (Å²) in [5, 5.41) is 12.1. The molecule has 0 saturated heterocycles. The number of ether oxygens (including phenoxy) is 1. The molecule has 2 atom stereocenters. The van der Waals surface area contributed by atoms with Crippen molar-refractivity contribution in [2.45, 2.75) is 51.2 Å². The lowest BCUT2D eigenvalue weighted by molar-refractivity contribution is -0.139. The van der Waals surface area contributed by atoms with Crippen molar-refractivity contribution in [2.24, 2.45) is 5.73 Å².